The molecule has 2 heteroatoms. The van der Waals surface area contributed by atoms with E-state index in [0.29, 0.717) is 11.6 Å². The Kier molecular flexibility index (Phi) is 3.60. The summed E-state index contributed by atoms with van der Waals surface area (Å²) in [5.74, 6) is 1.84. The molecule has 2 aliphatic rings. The Bertz CT molecular complexity index is 235. The average Bonchev–Trinajstić information content (AvgIpc) is 2.98. The van der Waals surface area contributed by atoms with Crippen LogP contribution in [0.15, 0.2) is 0 Å². The Morgan fingerprint density at radius 1 is 1.31 bits per heavy atom. The van der Waals surface area contributed by atoms with Crippen molar-refractivity contribution < 1.29 is 0 Å². The smallest absolute Gasteiger partial charge is 0.0337 e. The second-order valence-electron chi connectivity index (χ2n) is 6.47. The van der Waals surface area contributed by atoms with Crippen molar-refractivity contribution in [2.45, 2.75) is 64.5 Å². The number of rotatable bonds is 5. The van der Waals surface area contributed by atoms with Crippen LogP contribution >= 0.6 is 0 Å². The summed E-state index contributed by atoms with van der Waals surface area (Å²) in [4.78, 5) is 2.73. The van der Waals surface area contributed by atoms with Gasteiger partial charge in [-0.05, 0) is 57.8 Å². The van der Waals surface area contributed by atoms with E-state index in [9.17, 15) is 0 Å². The van der Waals surface area contributed by atoms with Crippen molar-refractivity contribution in [1.29, 1.82) is 0 Å². The van der Waals surface area contributed by atoms with Gasteiger partial charge in [0.15, 0.2) is 0 Å². The van der Waals surface area contributed by atoms with Gasteiger partial charge in [-0.15, -0.1) is 0 Å². The quantitative estimate of drug-likeness (QED) is 0.778. The van der Waals surface area contributed by atoms with Gasteiger partial charge in [0.1, 0.15) is 0 Å². The number of hydrogen-bond acceptors (Lipinski definition) is 2. The van der Waals surface area contributed by atoms with E-state index in [-0.39, 0.29) is 0 Å². The summed E-state index contributed by atoms with van der Waals surface area (Å²) in [7, 11) is 0. The summed E-state index contributed by atoms with van der Waals surface area (Å²) < 4.78 is 0. The fourth-order valence-electron chi connectivity index (χ4n) is 3.46. The van der Waals surface area contributed by atoms with Crippen LogP contribution in [-0.2, 0) is 0 Å². The summed E-state index contributed by atoms with van der Waals surface area (Å²) in [6.07, 6.45) is 6.88. The van der Waals surface area contributed by atoms with Crippen LogP contribution in [0.2, 0.25) is 0 Å². The molecular formula is C14H28N2. The molecule has 2 saturated carbocycles. The predicted octanol–water partition coefficient (Wildman–Crippen LogP) is 2.62. The third-order valence-electron chi connectivity index (χ3n) is 4.60. The topological polar surface area (TPSA) is 29.3 Å². The molecule has 0 heterocycles. The Labute approximate surface area is 101 Å². The maximum Gasteiger partial charge on any atom is 0.0337 e. The SMILES string of the molecule is CC1CCC(CN)(N(CC2CC2)C(C)C)C1. The van der Waals surface area contributed by atoms with Gasteiger partial charge >= 0.3 is 0 Å². The highest BCUT2D eigenvalue weighted by Gasteiger charge is 2.43. The molecule has 2 rings (SSSR count). The molecule has 94 valence electrons. The molecular weight excluding hydrogens is 196 g/mol. The number of nitrogens with two attached hydrogens (primary N) is 1. The Morgan fingerprint density at radius 2 is 2.00 bits per heavy atom. The molecule has 0 radical (unpaired) electrons. The molecule has 0 aromatic heterocycles. The number of nitrogens with zero attached hydrogens (tertiary/aromatic N) is 1. The third kappa shape index (κ3) is 2.43. The van der Waals surface area contributed by atoms with Gasteiger partial charge in [0, 0.05) is 24.7 Å². The van der Waals surface area contributed by atoms with Gasteiger partial charge < -0.3 is 5.73 Å². The van der Waals surface area contributed by atoms with Crippen LogP contribution in [-0.4, -0.2) is 29.6 Å². The predicted molar refractivity (Wildman–Crippen MR) is 69.4 cm³/mol. The lowest BCUT2D eigenvalue weighted by molar-refractivity contribution is 0.0581. The first-order chi connectivity index (χ1) is 7.57. The first kappa shape index (κ1) is 12.4. The van der Waals surface area contributed by atoms with Crippen LogP contribution < -0.4 is 5.73 Å². The summed E-state index contributed by atoms with van der Waals surface area (Å²) in [6, 6.07) is 0.648. The Hall–Kier alpha value is -0.0800. The first-order valence-electron chi connectivity index (χ1n) is 7.04. The highest BCUT2D eigenvalue weighted by Crippen LogP contribution is 2.41. The maximum atomic E-state index is 6.12. The van der Waals surface area contributed by atoms with Crippen LogP contribution in [0.4, 0.5) is 0 Å². The summed E-state index contributed by atoms with van der Waals surface area (Å²) in [6.45, 7) is 9.20. The van der Waals surface area contributed by atoms with Gasteiger partial charge in [-0.2, -0.15) is 0 Å². The van der Waals surface area contributed by atoms with E-state index < -0.39 is 0 Å². The Morgan fingerprint density at radius 3 is 2.38 bits per heavy atom. The minimum atomic E-state index is 0.330. The van der Waals surface area contributed by atoms with E-state index in [0.717, 1.165) is 18.4 Å². The van der Waals surface area contributed by atoms with Crippen LogP contribution in [0.1, 0.15) is 52.9 Å². The zero-order chi connectivity index (χ0) is 11.8. The lowest BCUT2D eigenvalue weighted by atomic mass is 9.92. The second kappa shape index (κ2) is 4.66. The lowest BCUT2D eigenvalue weighted by Crippen LogP contribution is -2.55. The van der Waals surface area contributed by atoms with Crippen molar-refractivity contribution in [1.82, 2.24) is 4.90 Å². The highest BCUT2D eigenvalue weighted by atomic mass is 15.2. The molecule has 2 atom stereocenters. The van der Waals surface area contributed by atoms with E-state index in [1.165, 1.54) is 38.6 Å². The zero-order valence-electron chi connectivity index (χ0n) is 11.2. The van der Waals surface area contributed by atoms with Gasteiger partial charge in [-0.1, -0.05) is 6.92 Å². The lowest BCUT2D eigenvalue weighted by Gasteiger charge is -2.44. The molecule has 2 N–H and O–H groups in total. The van der Waals surface area contributed by atoms with Crippen LogP contribution in [0.3, 0.4) is 0 Å². The van der Waals surface area contributed by atoms with Gasteiger partial charge in [-0.25, -0.2) is 0 Å². The largest absolute Gasteiger partial charge is 0.329 e. The van der Waals surface area contributed by atoms with Crippen molar-refractivity contribution in [3.05, 3.63) is 0 Å². The zero-order valence-corrected chi connectivity index (χ0v) is 11.2. The number of hydrogen-bond donors (Lipinski definition) is 1. The van der Waals surface area contributed by atoms with Crippen LogP contribution in [0.25, 0.3) is 0 Å². The average molecular weight is 224 g/mol. The summed E-state index contributed by atoms with van der Waals surface area (Å²) in [5, 5.41) is 0. The second-order valence-corrected chi connectivity index (χ2v) is 6.47. The van der Waals surface area contributed by atoms with Crippen molar-refractivity contribution >= 4 is 0 Å². The first-order valence-corrected chi connectivity index (χ1v) is 7.04. The van der Waals surface area contributed by atoms with E-state index in [4.69, 9.17) is 5.73 Å². The van der Waals surface area contributed by atoms with E-state index >= 15 is 0 Å². The van der Waals surface area contributed by atoms with Crippen molar-refractivity contribution in [3.63, 3.8) is 0 Å². The molecule has 2 unspecified atom stereocenters. The van der Waals surface area contributed by atoms with Gasteiger partial charge in [0.25, 0.3) is 0 Å². The van der Waals surface area contributed by atoms with Crippen molar-refractivity contribution in [3.8, 4) is 0 Å². The van der Waals surface area contributed by atoms with Crippen molar-refractivity contribution in [2.24, 2.45) is 17.6 Å². The van der Waals surface area contributed by atoms with E-state index in [1.54, 1.807) is 0 Å². The molecule has 0 aromatic rings. The highest BCUT2D eigenvalue weighted by molar-refractivity contribution is 5.00. The summed E-state index contributed by atoms with van der Waals surface area (Å²) in [5.41, 5.74) is 6.45. The molecule has 0 aliphatic heterocycles. The monoisotopic (exact) mass is 224 g/mol. The molecule has 0 spiro atoms. The fraction of sp³-hybridized carbons (Fsp3) is 1.00. The molecule has 0 amide bonds. The third-order valence-corrected chi connectivity index (χ3v) is 4.60. The normalized spacial score (nSPS) is 35.2. The molecule has 2 aliphatic carbocycles. The minimum Gasteiger partial charge on any atom is -0.329 e. The van der Waals surface area contributed by atoms with E-state index in [2.05, 4.69) is 25.7 Å². The molecule has 0 aromatic carbocycles. The van der Waals surface area contributed by atoms with Crippen molar-refractivity contribution in [2.75, 3.05) is 13.1 Å². The molecule has 2 nitrogen and oxygen atoms in total. The van der Waals surface area contributed by atoms with Gasteiger partial charge in [0.05, 0.1) is 0 Å². The van der Waals surface area contributed by atoms with Crippen LogP contribution in [0, 0.1) is 11.8 Å². The molecule has 16 heavy (non-hydrogen) atoms. The van der Waals surface area contributed by atoms with E-state index in [1.807, 2.05) is 0 Å². The molecule has 2 fully saturated rings. The maximum absolute atomic E-state index is 6.12. The summed E-state index contributed by atoms with van der Waals surface area (Å²) >= 11 is 0. The molecule has 0 bridgehead atoms. The van der Waals surface area contributed by atoms with Gasteiger partial charge in [0.2, 0.25) is 0 Å². The minimum absolute atomic E-state index is 0.330. The molecule has 0 saturated heterocycles. The van der Waals surface area contributed by atoms with Gasteiger partial charge in [-0.3, -0.25) is 4.90 Å². The standard InChI is InChI=1S/C14H28N2/c1-11(2)16(9-13-4-5-13)14(10-15)7-6-12(3)8-14/h11-13H,4-10,15H2,1-3H3. The Balaban J connectivity index is 2.08. The fourth-order valence-corrected chi connectivity index (χ4v) is 3.46. The van der Waals surface area contributed by atoms with Crippen LogP contribution in [0.5, 0.6) is 0 Å².